The highest BCUT2D eigenvalue weighted by Gasteiger charge is 2.13. The van der Waals surface area contributed by atoms with Gasteiger partial charge in [0.15, 0.2) is 0 Å². The molecular weight excluding hydrogens is 283 g/mol. The van der Waals surface area contributed by atoms with Crippen molar-refractivity contribution < 1.29 is 22.6 Å². The molecule has 0 bridgehead atoms. The van der Waals surface area contributed by atoms with Crippen molar-refractivity contribution >= 4 is 0 Å². The van der Waals surface area contributed by atoms with E-state index in [1.807, 2.05) is 0 Å². The average molecular weight is 293 g/mol. The summed E-state index contributed by atoms with van der Waals surface area (Å²) in [6.45, 7) is -3.06. The van der Waals surface area contributed by atoms with Gasteiger partial charge in [-0.15, -0.1) is 0 Å². The van der Waals surface area contributed by atoms with Crippen molar-refractivity contribution in [1.82, 2.24) is 0 Å². The second-order valence-corrected chi connectivity index (χ2v) is 4.05. The number of nitrogens with zero attached hydrogens (tertiary/aromatic N) is 1. The Morgan fingerprint density at radius 1 is 1.14 bits per heavy atom. The molecule has 0 atom stereocenters. The van der Waals surface area contributed by atoms with Gasteiger partial charge in [-0.1, -0.05) is 6.07 Å². The molecule has 0 N–H and O–H groups in total. The molecule has 2 aromatic carbocycles. The molecule has 0 radical (unpaired) electrons. The number of hydrogen-bond donors (Lipinski definition) is 0. The van der Waals surface area contributed by atoms with Gasteiger partial charge in [0.1, 0.15) is 23.4 Å². The third-order valence-corrected chi connectivity index (χ3v) is 2.81. The first kappa shape index (κ1) is 14.7. The van der Waals surface area contributed by atoms with Crippen molar-refractivity contribution in [3.63, 3.8) is 0 Å². The lowest BCUT2D eigenvalue weighted by atomic mass is 10.0. The van der Waals surface area contributed by atoms with Crippen LogP contribution in [0, 0.1) is 17.1 Å². The molecule has 2 aromatic rings. The van der Waals surface area contributed by atoms with Crippen LogP contribution in [-0.2, 0) is 0 Å². The zero-order valence-electron chi connectivity index (χ0n) is 10.9. The first-order chi connectivity index (χ1) is 10.0. The monoisotopic (exact) mass is 293 g/mol. The van der Waals surface area contributed by atoms with E-state index in [1.165, 1.54) is 37.4 Å². The fraction of sp³-hybridized carbons (Fsp3) is 0.133. The van der Waals surface area contributed by atoms with E-state index in [4.69, 9.17) is 10.00 Å². The van der Waals surface area contributed by atoms with Crippen LogP contribution in [0.4, 0.5) is 13.2 Å². The number of ether oxygens (including phenoxy) is 2. The van der Waals surface area contributed by atoms with E-state index in [0.29, 0.717) is 11.3 Å². The van der Waals surface area contributed by atoms with Gasteiger partial charge < -0.3 is 9.47 Å². The molecule has 0 heterocycles. The van der Waals surface area contributed by atoms with Crippen LogP contribution < -0.4 is 9.47 Å². The van der Waals surface area contributed by atoms with Crippen molar-refractivity contribution in [2.24, 2.45) is 0 Å². The predicted molar refractivity (Wildman–Crippen MR) is 69.7 cm³/mol. The van der Waals surface area contributed by atoms with Crippen LogP contribution in [0.25, 0.3) is 11.1 Å². The molecular formula is C15H10F3NO2. The Labute approximate surface area is 119 Å². The highest BCUT2D eigenvalue weighted by Crippen LogP contribution is 2.31. The quantitative estimate of drug-likeness (QED) is 0.856. The smallest absolute Gasteiger partial charge is 0.387 e. The summed E-state index contributed by atoms with van der Waals surface area (Å²) >= 11 is 0. The second kappa shape index (κ2) is 6.18. The van der Waals surface area contributed by atoms with Crippen LogP contribution in [0.1, 0.15) is 5.56 Å². The first-order valence-corrected chi connectivity index (χ1v) is 5.88. The maximum Gasteiger partial charge on any atom is 0.387 e. The van der Waals surface area contributed by atoms with Crippen molar-refractivity contribution in [2.45, 2.75) is 6.61 Å². The topological polar surface area (TPSA) is 42.2 Å². The van der Waals surface area contributed by atoms with Crippen LogP contribution in [-0.4, -0.2) is 13.7 Å². The molecule has 0 spiro atoms. The summed E-state index contributed by atoms with van der Waals surface area (Å²) in [5.74, 6) is -0.517. The third kappa shape index (κ3) is 3.26. The summed E-state index contributed by atoms with van der Waals surface area (Å²) in [5.41, 5.74) is 0.470. The molecule has 108 valence electrons. The number of nitriles is 1. The van der Waals surface area contributed by atoms with E-state index in [1.54, 1.807) is 12.1 Å². The molecule has 2 rings (SSSR count). The molecule has 0 saturated carbocycles. The molecule has 0 aliphatic rings. The SMILES string of the molecule is COc1ccc(-c2ccc(C#N)c(OC(F)F)c2)c(F)c1. The highest BCUT2D eigenvalue weighted by atomic mass is 19.3. The number of halogens is 3. The number of methoxy groups -OCH3 is 1. The van der Waals surface area contributed by atoms with Crippen molar-refractivity contribution in [3.05, 3.63) is 47.8 Å². The van der Waals surface area contributed by atoms with Crippen LogP contribution in [0.15, 0.2) is 36.4 Å². The second-order valence-electron chi connectivity index (χ2n) is 4.05. The maximum absolute atomic E-state index is 14.0. The van der Waals surface area contributed by atoms with Gasteiger partial charge >= 0.3 is 6.61 Å². The molecule has 0 amide bonds. The Hall–Kier alpha value is -2.68. The summed E-state index contributed by atoms with van der Waals surface area (Å²) < 4.78 is 47.8. The van der Waals surface area contributed by atoms with Gasteiger partial charge in [0.25, 0.3) is 0 Å². The van der Waals surface area contributed by atoms with Crippen molar-refractivity contribution in [3.8, 4) is 28.7 Å². The van der Waals surface area contributed by atoms with E-state index >= 15 is 0 Å². The molecule has 0 aromatic heterocycles. The minimum absolute atomic E-state index is 0.0482. The summed E-state index contributed by atoms with van der Waals surface area (Å²) in [4.78, 5) is 0. The number of rotatable bonds is 4. The van der Waals surface area contributed by atoms with E-state index in [9.17, 15) is 13.2 Å². The zero-order valence-corrected chi connectivity index (χ0v) is 10.9. The predicted octanol–water partition coefficient (Wildman–Crippen LogP) is 3.97. The molecule has 0 fully saturated rings. The molecule has 0 aliphatic heterocycles. The summed E-state index contributed by atoms with van der Waals surface area (Å²) in [5, 5.41) is 8.85. The molecule has 0 saturated heterocycles. The van der Waals surface area contributed by atoms with E-state index in [0.717, 1.165) is 0 Å². The average Bonchev–Trinajstić information content (AvgIpc) is 2.46. The van der Waals surface area contributed by atoms with Gasteiger partial charge in [-0.2, -0.15) is 14.0 Å². The Kier molecular flexibility index (Phi) is 4.33. The summed E-state index contributed by atoms with van der Waals surface area (Å²) in [6, 6.07) is 9.89. The maximum atomic E-state index is 14.0. The largest absolute Gasteiger partial charge is 0.497 e. The Morgan fingerprint density at radius 3 is 2.48 bits per heavy atom. The number of hydrogen-bond acceptors (Lipinski definition) is 3. The summed E-state index contributed by atoms with van der Waals surface area (Å²) in [6.07, 6.45) is 0. The van der Waals surface area contributed by atoms with E-state index in [-0.39, 0.29) is 16.9 Å². The van der Waals surface area contributed by atoms with Crippen LogP contribution in [0.2, 0.25) is 0 Å². The molecule has 0 aliphatic carbocycles. The summed E-state index contributed by atoms with van der Waals surface area (Å²) in [7, 11) is 1.41. The number of benzene rings is 2. The highest BCUT2D eigenvalue weighted by molar-refractivity contribution is 5.68. The minimum atomic E-state index is -3.06. The van der Waals surface area contributed by atoms with Gasteiger partial charge in [0.2, 0.25) is 0 Å². The molecule has 0 unspecified atom stereocenters. The number of alkyl halides is 2. The van der Waals surface area contributed by atoms with Crippen molar-refractivity contribution in [2.75, 3.05) is 7.11 Å². The zero-order chi connectivity index (χ0) is 15.4. The van der Waals surface area contributed by atoms with Crippen LogP contribution >= 0.6 is 0 Å². The van der Waals surface area contributed by atoms with E-state index < -0.39 is 12.4 Å². The van der Waals surface area contributed by atoms with Crippen molar-refractivity contribution in [1.29, 1.82) is 5.26 Å². The molecule has 3 nitrogen and oxygen atoms in total. The van der Waals surface area contributed by atoms with Gasteiger partial charge in [0, 0.05) is 11.6 Å². The standard InChI is InChI=1S/C15H10F3NO2/c1-20-11-4-5-12(13(16)7-11)9-2-3-10(8-19)14(6-9)21-15(17)18/h2-7,15H,1H3. The van der Waals surface area contributed by atoms with Gasteiger partial charge in [-0.25, -0.2) is 4.39 Å². The lowest BCUT2D eigenvalue weighted by molar-refractivity contribution is -0.0500. The third-order valence-electron chi connectivity index (χ3n) is 2.81. The van der Waals surface area contributed by atoms with Gasteiger partial charge in [-0.3, -0.25) is 0 Å². The van der Waals surface area contributed by atoms with Gasteiger partial charge in [-0.05, 0) is 29.8 Å². The van der Waals surface area contributed by atoms with Crippen LogP contribution in [0.5, 0.6) is 11.5 Å². The normalized spacial score (nSPS) is 10.3. The lowest BCUT2D eigenvalue weighted by Crippen LogP contribution is -2.03. The fourth-order valence-corrected chi connectivity index (χ4v) is 1.83. The van der Waals surface area contributed by atoms with Gasteiger partial charge in [0.05, 0.1) is 12.7 Å². The molecule has 6 heteroatoms. The Bertz CT molecular complexity index is 696. The lowest BCUT2D eigenvalue weighted by Gasteiger charge is -2.10. The minimum Gasteiger partial charge on any atom is -0.497 e. The van der Waals surface area contributed by atoms with E-state index in [2.05, 4.69) is 4.74 Å². The Balaban J connectivity index is 2.47. The molecule has 21 heavy (non-hydrogen) atoms. The Morgan fingerprint density at radius 2 is 1.90 bits per heavy atom. The van der Waals surface area contributed by atoms with Crippen LogP contribution in [0.3, 0.4) is 0 Å². The fourth-order valence-electron chi connectivity index (χ4n) is 1.83. The first-order valence-electron chi connectivity index (χ1n) is 5.88.